The zero-order valence-corrected chi connectivity index (χ0v) is 20.2. The summed E-state index contributed by atoms with van der Waals surface area (Å²) >= 11 is 0. The van der Waals surface area contributed by atoms with Crippen molar-refractivity contribution in [2.75, 3.05) is 13.1 Å². The van der Waals surface area contributed by atoms with Crippen molar-refractivity contribution in [1.82, 2.24) is 4.90 Å². The van der Waals surface area contributed by atoms with Crippen molar-refractivity contribution in [2.45, 2.75) is 36.9 Å². The van der Waals surface area contributed by atoms with Crippen molar-refractivity contribution in [1.29, 1.82) is 5.26 Å². The Bertz CT molecular complexity index is 1320. The van der Waals surface area contributed by atoms with Crippen LogP contribution in [0.4, 0.5) is 0 Å². The molecule has 37 heavy (non-hydrogen) atoms. The van der Waals surface area contributed by atoms with Crippen LogP contribution < -0.4 is 0 Å². The van der Waals surface area contributed by atoms with E-state index in [0.29, 0.717) is 24.2 Å². The van der Waals surface area contributed by atoms with E-state index in [1.807, 2.05) is 72.8 Å². The molecule has 4 saturated heterocycles. The Morgan fingerprint density at radius 2 is 1.43 bits per heavy atom. The second kappa shape index (κ2) is 9.15. The molecule has 0 radical (unpaired) electrons. The van der Waals surface area contributed by atoms with E-state index in [1.54, 1.807) is 12.1 Å². The number of piperidine rings is 3. The summed E-state index contributed by atoms with van der Waals surface area (Å²) in [6, 6.07) is 29.0. The first-order valence-corrected chi connectivity index (χ1v) is 12.5. The van der Waals surface area contributed by atoms with Crippen molar-refractivity contribution in [3.05, 3.63) is 107 Å². The highest BCUT2D eigenvalue weighted by Gasteiger charge is 2.76. The van der Waals surface area contributed by atoms with Crippen LogP contribution in [0.1, 0.15) is 41.0 Å². The van der Waals surface area contributed by atoms with Crippen LogP contribution in [0.3, 0.4) is 0 Å². The van der Waals surface area contributed by atoms with Gasteiger partial charge in [0.25, 0.3) is 5.79 Å². The van der Waals surface area contributed by atoms with Gasteiger partial charge >= 0.3 is 11.9 Å². The Hall–Kier alpha value is -3.99. The van der Waals surface area contributed by atoms with E-state index in [-0.39, 0.29) is 12.5 Å². The third-order valence-corrected chi connectivity index (χ3v) is 7.90. The third-order valence-electron chi connectivity index (χ3n) is 7.90. The van der Waals surface area contributed by atoms with Gasteiger partial charge in [-0.3, -0.25) is 4.90 Å². The van der Waals surface area contributed by atoms with Gasteiger partial charge in [-0.1, -0.05) is 78.9 Å². The summed E-state index contributed by atoms with van der Waals surface area (Å²) < 4.78 is 19.0. The SMILES string of the molecule is N#Cc1ccccc1COC12OC(=O)C(=O)OC1(C(c1ccccc1)c1ccccc1)N1CCC2CC1. The van der Waals surface area contributed by atoms with Crippen molar-refractivity contribution in [2.24, 2.45) is 5.92 Å². The average Bonchev–Trinajstić information content (AvgIpc) is 2.95. The fraction of sp³-hybridized carbons (Fsp3) is 0.300. The molecule has 186 valence electrons. The van der Waals surface area contributed by atoms with E-state index in [1.165, 1.54) is 0 Å². The molecule has 3 aromatic carbocycles. The van der Waals surface area contributed by atoms with Crippen LogP contribution in [0, 0.1) is 17.2 Å². The summed E-state index contributed by atoms with van der Waals surface area (Å²) in [6.07, 6.45) is 1.45. The number of hydrogen-bond acceptors (Lipinski definition) is 7. The first-order valence-electron chi connectivity index (χ1n) is 12.5. The molecule has 0 N–H and O–H groups in total. The van der Waals surface area contributed by atoms with Gasteiger partial charge in [0.05, 0.1) is 24.2 Å². The topological polar surface area (TPSA) is 88.9 Å². The molecule has 3 aromatic rings. The molecule has 0 aliphatic carbocycles. The Morgan fingerprint density at radius 1 is 0.865 bits per heavy atom. The van der Waals surface area contributed by atoms with Crippen LogP contribution in [-0.4, -0.2) is 41.4 Å². The van der Waals surface area contributed by atoms with Crippen LogP contribution in [0.15, 0.2) is 84.9 Å². The molecule has 0 saturated carbocycles. The second-order valence-corrected chi connectivity index (χ2v) is 9.72. The summed E-state index contributed by atoms with van der Waals surface area (Å²) in [4.78, 5) is 28.0. The predicted octanol–water partition coefficient (Wildman–Crippen LogP) is 4.13. The molecule has 0 aromatic heterocycles. The van der Waals surface area contributed by atoms with Crippen LogP contribution in [0.5, 0.6) is 0 Å². The Kier molecular flexibility index (Phi) is 5.79. The highest BCUT2D eigenvalue weighted by atomic mass is 16.8. The molecule has 7 rings (SSSR count). The van der Waals surface area contributed by atoms with Gasteiger partial charge in [-0.15, -0.1) is 0 Å². The molecule has 0 amide bonds. The van der Waals surface area contributed by atoms with Gasteiger partial charge in [0, 0.05) is 19.0 Å². The summed E-state index contributed by atoms with van der Waals surface area (Å²) in [5.74, 6) is -4.34. The lowest BCUT2D eigenvalue weighted by Crippen LogP contribution is -2.82. The number of carbonyl (C=O) groups excluding carboxylic acids is 2. The van der Waals surface area contributed by atoms with Gasteiger partial charge < -0.3 is 14.2 Å². The van der Waals surface area contributed by atoms with Crippen molar-refractivity contribution < 1.29 is 23.8 Å². The van der Waals surface area contributed by atoms with Crippen LogP contribution in [0.2, 0.25) is 0 Å². The molecule has 4 fully saturated rings. The Balaban J connectivity index is 1.56. The number of benzene rings is 3. The number of nitrogens with zero attached hydrogens (tertiary/aromatic N) is 2. The number of fused-ring (bicyclic) bond motifs is 2. The molecule has 2 unspecified atom stereocenters. The standard InChI is InChI=1S/C30H26N2O5/c31-19-23-13-7-8-14-24(23)20-35-30-25-15-17-32(18-16-25)29(30,36-27(33)28(34)37-30)26(21-9-3-1-4-10-21)22-11-5-2-6-12-22/h1-14,25-26H,15-18,20H2. The van der Waals surface area contributed by atoms with Gasteiger partial charge in [0.1, 0.15) is 0 Å². The molecule has 4 aliphatic rings. The Labute approximate surface area is 215 Å². The van der Waals surface area contributed by atoms with Crippen molar-refractivity contribution in [3.63, 3.8) is 0 Å². The Morgan fingerprint density at radius 3 is 2.05 bits per heavy atom. The number of nitriles is 1. The monoisotopic (exact) mass is 494 g/mol. The van der Waals surface area contributed by atoms with Gasteiger partial charge in [0.15, 0.2) is 0 Å². The van der Waals surface area contributed by atoms with Gasteiger partial charge in [-0.25, -0.2) is 9.59 Å². The highest BCUT2D eigenvalue weighted by molar-refractivity contribution is 6.30. The van der Waals surface area contributed by atoms with E-state index in [9.17, 15) is 14.9 Å². The number of carbonyl (C=O) groups is 2. The quantitative estimate of drug-likeness (QED) is 0.376. The largest absolute Gasteiger partial charge is 0.427 e. The van der Waals surface area contributed by atoms with Gasteiger partial charge in [-0.2, -0.15) is 5.26 Å². The van der Waals surface area contributed by atoms with Crippen LogP contribution in [0.25, 0.3) is 0 Å². The van der Waals surface area contributed by atoms with Crippen LogP contribution >= 0.6 is 0 Å². The highest BCUT2D eigenvalue weighted by Crippen LogP contribution is 2.59. The molecule has 4 heterocycles. The first-order chi connectivity index (χ1) is 18.1. The summed E-state index contributed by atoms with van der Waals surface area (Å²) in [6.45, 7) is 1.37. The van der Waals surface area contributed by atoms with E-state index >= 15 is 0 Å². The number of ether oxygens (including phenoxy) is 3. The smallest absolute Gasteiger partial charge is 0.420 e. The summed E-state index contributed by atoms with van der Waals surface area (Å²) in [5.41, 5.74) is 1.56. The van der Waals surface area contributed by atoms with Crippen molar-refractivity contribution in [3.8, 4) is 6.07 Å². The van der Waals surface area contributed by atoms with E-state index in [2.05, 4.69) is 11.0 Å². The fourth-order valence-corrected chi connectivity index (χ4v) is 6.33. The van der Waals surface area contributed by atoms with Crippen molar-refractivity contribution >= 4 is 11.9 Å². The molecule has 2 bridgehead atoms. The van der Waals surface area contributed by atoms with Gasteiger partial charge in [0.2, 0.25) is 5.72 Å². The third kappa shape index (κ3) is 3.56. The van der Waals surface area contributed by atoms with E-state index < -0.39 is 29.4 Å². The predicted molar refractivity (Wildman–Crippen MR) is 133 cm³/mol. The zero-order valence-electron chi connectivity index (χ0n) is 20.2. The minimum absolute atomic E-state index is 0.0248. The molecule has 2 atom stereocenters. The number of hydrogen-bond donors (Lipinski definition) is 0. The van der Waals surface area contributed by atoms with Crippen LogP contribution in [-0.2, 0) is 30.4 Å². The molecular weight excluding hydrogens is 468 g/mol. The lowest BCUT2D eigenvalue weighted by Gasteiger charge is -2.65. The maximum Gasteiger partial charge on any atom is 0.420 e. The lowest BCUT2D eigenvalue weighted by atomic mass is 9.66. The second-order valence-electron chi connectivity index (χ2n) is 9.72. The maximum absolute atomic E-state index is 13.0. The molecule has 4 aliphatic heterocycles. The zero-order chi connectivity index (χ0) is 25.5. The number of rotatable bonds is 6. The molecule has 7 heteroatoms. The minimum atomic E-state index is -1.56. The molecular formula is C30H26N2O5. The number of esters is 2. The summed E-state index contributed by atoms with van der Waals surface area (Å²) in [7, 11) is 0. The average molecular weight is 495 g/mol. The minimum Gasteiger partial charge on any atom is -0.427 e. The lowest BCUT2D eigenvalue weighted by molar-refractivity contribution is -0.417. The fourth-order valence-electron chi connectivity index (χ4n) is 6.33. The van der Waals surface area contributed by atoms with E-state index in [4.69, 9.17) is 14.2 Å². The molecule has 7 nitrogen and oxygen atoms in total. The summed E-state index contributed by atoms with van der Waals surface area (Å²) in [5, 5.41) is 9.64. The normalized spacial score (nSPS) is 28.2. The first kappa shape index (κ1) is 23.4. The maximum atomic E-state index is 13.0. The van der Waals surface area contributed by atoms with E-state index in [0.717, 1.165) is 24.0 Å². The van der Waals surface area contributed by atoms with Gasteiger partial charge in [-0.05, 0) is 35.6 Å². The molecule has 0 spiro atoms.